The number of hydrogen-bond acceptors (Lipinski definition) is 3. The molecule has 2 amide bonds. The molecule has 5 rings (SSSR count). The van der Waals surface area contributed by atoms with Crippen LogP contribution in [0.1, 0.15) is 54.2 Å². The maximum absolute atomic E-state index is 13.1. The summed E-state index contributed by atoms with van der Waals surface area (Å²) in [6.07, 6.45) is 5.96. The summed E-state index contributed by atoms with van der Waals surface area (Å²) in [5.41, 5.74) is 2.10. The van der Waals surface area contributed by atoms with Crippen molar-refractivity contribution in [2.75, 3.05) is 19.6 Å². The van der Waals surface area contributed by atoms with E-state index in [0.29, 0.717) is 19.0 Å². The maximum atomic E-state index is 13.1. The number of hydrogen-bond donors (Lipinski definition) is 1. The molecule has 134 valence electrons. The van der Waals surface area contributed by atoms with Gasteiger partial charge in [0.25, 0.3) is 11.5 Å². The standard InChI is InChI=1S/C19H25N3O3/c1-12(23)21-9-13-6-7-15(11-21)22(10-13)19(25)16-8-14-4-2-3-5-17(14)20-18(16)24/h8,13,15H,2-7,9-11H2,1H3,(H,20,24). The molecule has 2 atom stereocenters. The number of aromatic amines is 1. The van der Waals surface area contributed by atoms with Crippen LogP contribution in [0.2, 0.25) is 0 Å². The Bertz CT molecular complexity index is 770. The van der Waals surface area contributed by atoms with Crippen molar-refractivity contribution in [2.45, 2.75) is 51.5 Å². The van der Waals surface area contributed by atoms with E-state index in [1.165, 1.54) is 0 Å². The second kappa shape index (κ2) is 6.32. The molecule has 3 aliphatic heterocycles. The minimum atomic E-state index is -0.269. The van der Waals surface area contributed by atoms with Gasteiger partial charge in [-0.3, -0.25) is 14.4 Å². The Hall–Kier alpha value is -2.11. The Labute approximate surface area is 147 Å². The van der Waals surface area contributed by atoms with Crippen LogP contribution in [0.5, 0.6) is 0 Å². The fourth-order valence-electron chi connectivity index (χ4n) is 4.58. The predicted octanol–water partition coefficient (Wildman–Crippen LogP) is 1.34. The van der Waals surface area contributed by atoms with E-state index in [9.17, 15) is 14.4 Å². The molecule has 0 radical (unpaired) electrons. The van der Waals surface area contributed by atoms with Gasteiger partial charge in [-0.25, -0.2) is 0 Å². The van der Waals surface area contributed by atoms with Crippen LogP contribution in [0.3, 0.4) is 0 Å². The third-order valence-corrected chi connectivity index (χ3v) is 5.99. The minimum absolute atomic E-state index is 0.0191. The zero-order valence-corrected chi connectivity index (χ0v) is 14.7. The molecule has 25 heavy (non-hydrogen) atoms. The van der Waals surface area contributed by atoms with Crippen molar-refractivity contribution in [1.82, 2.24) is 14.8 Å². The molecule has 4 aliphatic rings. The van der Waals surface area contributed by atoms with Crippen LogP contribution in [0.25, 0.3) is 0 Å². The van der Waals surface area contributed by atoms with Crippen molar-refractivity contribution in [3.05, 3.63) is 33.2 Å². The fraction of sp³-hybridized carbons (Fsp3) is 0.632. The van der Waals surface area contributed by atoms with Crippen LogP contribution in [-0.2, 0) is 17.6 Å². The molecule has 2 unspecified atom stereocenters. The third-order valence-electron chi connectivity index (χ3n) is 5.99. The van der Waals surface area contributed by atoms with Gasteiger partial charge in [-0.15, -0.1) is 0 Å². The first-order valence-electron chi connectivity index (χ1n) is 9.34. The molecular weight excluding hydrogens is 318 g/mol. The molecule has 0 saturated carbocycles. The summed E-state index contributed by atoms with van der Waals surface area (Å²) < 4.78 is 0. The fourth-order valence-corrected chi connectivity index (χ4v) is 4.58. The van der Waals surface area contributed by atoms with Crippen LogP contribution < -0.4 is 5.56 Å². The highest BCUT2D eigenvalue weighted by Gasteiger charge is 2.38. The second-order valence-electron chi connectivity index (χ2n) is 7.70. The predicted molar refractivity (Wildman–Crippen MR) is 93.5 cm³/mol. The van der Waals surface area contributed by atoms with E-state index in [1.54, 1.807) is 6.92 Å². The zero-order chi connectivity index (χ0) is 17.6. The average Bonchev–Trinajstić information content (AvgIpc) is 2.93. The Balaban J connectivity index is 1.63. The normalized spacial score (nSPS) is 25.5. The second-order valence-corrected chi connectivity index (χ2v) is 7.70. The van der Waals surface area contributed by atoms with Gasteiger partial charge in [0.1, 0.15) is 5.56 Å². The van der Waals surface area contributed by atoms with Gasteiger partial charge >= 0.3 is 0 Å². The van der Waals surface area contributed by atoms with E-state index in [4.69, 9.17) is 0 Å². The van der Waals surface area contributed by atoms with E-state index < -0.39 is 0 Å². The number of pyridine rings is 1. The maximum Gasteiger partial charge on any atom is 0.261 e. The largest absolute Gasteiger partial charge is 0.341 e. The molecule has 1 aliphatic carbocycles. The first kappa shape index (κ1) is 16.4. The van der Waals surface area contributed by atoms with Crippen molar-refractivity contribution < 1.29 is 9.59 Å². The van der Waals surface area contributed by atoms with E-state index in [0.717, 1.165) is 56.3 Å². The number of nitrogens with one attached hydrogen (secondary N) is 1. The topological polar surface area (TPSA) is 73.5 Å². The first-order valence-corrected chi connectivity index (χ1v) is 9.34. The summed E-state index contributed by atoms with van der Waals surface area (Å²) in [5, 5.41) is 0. The van der Waals surface area contributed by atoms with Crippen molar-refractivity contribution in [1.29, 1.82) is 0 Å². The molecule has 6 heteroatoms. The lowest BCUT2D eigenvalue weighted by Crippen LogP contribution is -2.48. The van der Waals surface area contributed by atoms with Crippen LogP contribution in [-0.4, -0.2) is 52.3 Å². The highest BCUT2D eigenvalue weighted by atomic mass is 16.2. The van der Waals surface area contributed by atoms with Gasteiger partial charge in [0, 0.05) is 38.3 Å². The monoisotopic (exact) mass is 343 g/mol. The lowest BCUT2D eigenvalue weighted by atomic mass is 9.93. The zero-order valence-electron chi connectivity index (χ0n) is 14.7. The van der Waals surface area contributed by atoms with Crippen molar-refractivity contribution in [3.63, 3.8) is 0 Å². The van der Waals surface area contributed by atoms with Crippen molar-refractivity contribution >= 4 is 11.8 Å². The molecule has 2 bridgehead atoms. The lowest BCUT2D eigenvalue weighted by molar-refractivity contribution is -0.129. The van der Waals surface area contributed by atoms with Gasteiger partial charge in [-0.2, -0.15) is 0 Å². The molecule has 4 heterocycles. The number of carbonyl (C=O) groups excluding carboxylic acids is 2. The number of aromatic nitrogens is 1. The van der Waals surface area contributed by atoms with Crippen molar-refractivity contribution in [3.8, 4) is 0 Å². The van der Waals surface area contributed by atoms with Crippen LogP contribution in [0.4, 0.5) is 0 Å². The molecule has 0 spiro atoms. The lowest BCUT2D eigenvalue weighted by Gasteiger charge is -2.36. The molecule has 6 nitrogen and oxygen atoms in total. The van der Waals surface area contributed by atoms with Crippen LogP contribution in [0.15, 0.2) is 10.9 Å². The highest BCUT2D eigenvalue weighted by molar-refractivity contribution is 5.94. The number of carbonyl (C=O) groups is 2. The average molecular weight is 343 g/mol. The summed E-state index contributed by atoms with van der Waals surface area (Å²) >= 11 is 0. The Kier molecular flexibility index (Phi) is 4.13. The molecule has 1 aromatic heterocycles. The first-order chi connectivity index (χ1) is 12.0. The number of amides is 2. The summed E-state index contributed by atoms with van der Waals surface area (Å²) in [7, 11) is 0. The summed E-state index contributed by atoms with van der Waals surface area (Å²) in [6.45, 7) is 3.53. The number of aryl methyl sites for hydroxylation is 2. The van der Waals surface area contributed by atoms with E-state index in [-0.39, 0.29) is 29.0 Å². The number of piperidine rings is 1. The minimum Gasteiger partial charge on any atom is -0.341 e. The molecule has 1 aromatic rings. The summed E-state index contributed by atoms with van der Waals surface area (Å²) in [5.74, 6) is 0.205. The highest BCUT2D eigenvalue weighted by Crippen LogP contribution is 2.29. The molecule has 3 saturated heterocycles. The van der Waals surface area contributed by atoms with E-state index >= 15 is 0 Å². The summed E-state index contributed by atoms with van der Waals surface area (Å²) in [6, 6.07) is 1.84. The van der Waals surface area contributed by atoms with Crippen LogP contribution in [0, 0.1) is 5.92 Å². The Morgan fingerprint density at radius 2 is 1.92 bits per heavy atom. The number of nitrogens with zero attached hydrogens (tertiary/aromatic N) is 2. The number of rotatable bonds is 1. The van der Waals surface area contributed by atoms with Crippen LogP contribution >= 0.6 is 0 Å². The molecule has 0 aromatic carbocycles. The van der Waals surface area contributed by atoms with Gasteiger partial charge in [-0.1, -0.05) is 0 Å². The molecular formula is C19H25N3O3. The third kappa shape index (κ3) is 2.98. The molecule has 1 N–H and O–H groups in total. The summed E-state index contributed by atoms with van der Waals surface area (Å²) in [4.78, 5) is 44.0. The van der Waals surface area contributed by atoms with E-state index in [1.807, 2.05) is 15.9 Å². The SMILES string of the molecule is CC(=O)N1CC2CCC(C1)N(C(=O)c1cc3c([nH]c1=O)CCCC3)C2. The Morgan fingerprint density at radius 3 is 2.72 bits per heavy atom. The smallest absolute Gasteiger partial charge is 0.261 e. The Morgan fingerprint density at radius 1 is 1.12 bits per heavy atom. The van der Waals surface area contributed by atoms with Gasteiger partial charge in [0.15, 0.2) is 0 Å². The molecule has 3 fully saturated rings. The van der Waals surface area contributed by atoms with Gasteiger partial charge < -0.3 is 14.8 Å². The van der Waals surface area contributed by atoms with Gasteiger partial charge in [-0.05, 0) is 56.1 Å². The number of H-pyrrole nitrogens is 1. The van der Waals surface area contributed by atoms with Gasteiger partial charge in [0.05, 0.1) is 0 Å². The van der Waals surface area contributed by atoms with Gasteiger partial charge in [0.2, 0.25) is 5.91 Å². The quantitative estimate of drug-likeness (QED) is 0.836. The number of fused-ring (bicyclic) bond motifs is 5. The van der Waals surface area contributed by atoms with Crippen molar-refractivity contribution in [2.24, 2.45) is 5.92 Å². The van der Waals surface area contributed by atoms with E-state index in [2.05, 4.69) is 4.98 Å².